The Morgan fingerprint density at radius 2 is 1.88 bits per heavy atom. The SMILES string of the molecule is O=[N+]([O-])c1cccc(C=Cc2cccnc2)c1. The molecule has 0 bridgehead atoms. The van der Waals surface area contributed by atoms with Crippen molar-refractivity contribution in [1.82, 2.24) is 4.98 Å². The van der Waals surface area contributed by atoms with Crippen LogP contribution in [0.15, 0.2) is 48.8 Å². The number of benzene rings is 1. The Bertz CT molecular complexity index is 550. The van der Waals surface area contributed by atoms with Crippen LogP contribution >= 0.6 is 0 Å². The summed E-state index contributed by atoms with van der Waals surface area (Å²) in [5, 5.41) is 10.6. The molecule has 0 unspecified atom stereocenters. The summed E-state index contributed by atoms with van der Waals surface area (Å²) < 4.78 is 0. The second kappa shape index (κ2) is 5.03. The lowest BCUT2D eigenvalue weighted by Gasteiger charge is -1.94. The summed E-state index contributed by atoms with van der Waals surface area (Å²) in [6, 6.07) is 10.3. The van der Waals surface area contributed by atoms with Crippen LogP contribution in [0.25, 0.3) is 12.2 Å². The highest BCUT2D eigenvalue weighted by atomic mass is 16.6. The Morgan fingerprint density at radius 1 is 1.12 bits per heavy atom. The summed E-state index contributed by atoms with van der Waals surface area (Å²) in [4.78, 5) is 14.2. The van der Waals surface area contributed by atoms with E-state index in [1.807, 2.05) is 30.4 Å². The van der Waals surface area contributed by atoms with Gasteiger partial charge in [-0.2, -0.15) is 0 Å². The van der Waals surface area contributed by atoms with Gasteiger partial charge in [-0.3, -0.25) is 15.1 Å². The van der Waals surface area contributed by atoms with Crippen LogP contribution in [0.5, 0.6) is 0 Å². The average Bonchev–Trinajstić information content (AvgIpc) is 2.38. The van der Waals surface area contributed by atoms with Gasteiger partial charge in [0.2, 0.25) is 0 Å². The molecule has 84 valence electrons. The van der Waals surface area contributed by atoms with Crippen LogP contribution in [0.4, 0.5) is 5.69 Å². The summed E-state index contributed by atoms with van der Waals surface area (Å²) in [5.74, 6) is 0. The number of aromatic nitrogens is 1. The van der Waals surface area contributed by atoms with E-state index in [-0.39, 0.29) is 5.69 Å². The van der Waals surface area contributed by atoms with Crippen molar-refractivity contribution >= 4 is 17.8 Å². The highest BCUT2D eigenvalue weighted by molar-refractivity contribution is 5.70. The molecule has 0 aliphatic rings. The Hall–Kier alpha value is -2.49. The predicted molar refractivity (Wildman–Crippen MR) is 66.3 cm³/mol. The van der Waals surface area contributed by atoms with Crippen LogP contribution in [0.1, 0.15) is 11.1 Å². The van der Waals surface area contributed by atoms with Gasteiger partial charge in [-0.1, -0.05) is 30.4 Å². The van der Waals surface area contributed by atoms with Crippen molar-refractivity contribution in [3.05, 3.63) is 70.0 Å². The van der Waals surface area contributed by atoms with Crippen molar-refractivity contribution in [3.63, 3.8) is 0 Å². The van der Waals surface area contributed by atoms with E-state index in [2.05, 4.69) is 4.98 Å². The van der Waals surface area contributed by atoms with Crippen LogP contribution in [0, 0.1) is 10.1 Å². The molecule has 0 saturated carbocycles. The predicted octanol–water partition coefficient (Wildman–Crippen LogP) is 3.16. The highest BCUT2D eigenvalue weighted by Gasteiger charge is 2.03. The molecular weight excluding hydrogens is 216 g/mol. The first-order chi connectivity index (χ1) is 8.25. The van der Waals surface area contributed by atoms with Gasteiger partial charge in [0.05, 0.1) is 4.92 Å². The molecule has 17 heavy (non-hydrogen) atoms. The van der Waals surface area contributed by atoms with Crippen molar-refractivity contribution in [2.24, 2.45) is 0 Å². The quantitative estimate of drug-likeness (QED) is 0.596. The average molecular weight is 226 g/mol. The lowest BCUT2D eigenvalue weighted by atomic mass is 10.1. The number of nitro groups is 1. The third-order valence-electron chi connectivity index (χ3n) is 2.23. The van der Waals surface area contributed by atoms with E-state index in [9.17, 15) is 10.1 Å². The molecule has 0 radical (unpaired) electrons. The maximum absolute atomic E-state index is 10.6. The summed E-state index contributed by atoms with van der Waals surface area (Å²) in [6.45, 7) is 0. The molecule has 0 N–H and O–H groups in total. The smallest absolute Gasteiger partial charge is 0.264 e. The Kier molecular flexibility index (Phi) is 3.25. The summed E-state index contributed by atoms with van der Waals surface area (Å²) in [5.41, 5.74) is 1.85. The van der Waals surface area contributed by atoms with E-state index < -0.39 is 4.92 Å². The Labute approximate surface area is 98.4 Å². The van der Waals surface area contributed by atoms with Crippen molar-refractivity contribution < 1.29 is 4.92 Å². The first kappa shape index (κ1) is 11.0. The highest BCUT2D eigenvalue weighted by Crippen LogP contribution is 2.15. The first-order valence-electron chi connectivity index (χ1n) is 5.08. The third kappa shape index (κ3) is 2.98. The normalized spacial score (nSPS) is 10.6. The molecular formula is C13H10N2O2. The summed E-state index contributed by atoms with van der Waals surface area (Å²) in [6.07, 6.45) is 7.12. The monoisotopic (exact) mass is 226 g/mol. The van der Waals surface area contributed by atoms with E-state index in [1.165, 1.54) is 12.1 Å². The molecule has 4 nitrogen and oxygen atoms in total. The fourth-order valence-electron chi connectivity index (χ4n) is 1.41. The third-order valence-corrected chi connectivity index (χ3v) is 2.23. The molecule has 1 aromatic heterocycles. The van der Waals surface area contributed by atoms with Gasteiger partial charge >= 0.3 is 0 Å². The van der Waals surface area contributed by atoms with Gasteiger partial charge in [0.15, 0.2) is 0 Å². The Balaban J connectivity index is 2.22. The maximum atomic E-state index is 10.6. The molecule has 0 saturated heterocycles. The van der Waals surface area contributed by atoms with E-state index in [1.54, 1.807) is 18.5 Å². The fourth-order valence-corrected chi connectivity index (χ4v) is 1.41. The zero-order valence-electron chi connectivity index (χ0n) is 8.98. The van der Waals surface area contributed by atoms with Crippen molar-refractivity contribution in [1.29, 1.82) is 0 Å². The minimum absolute atomic E-state index is 0.0957. The molecule has 1 heterocycles. The lowest BCUT2D eigenvalue weighted by molar-refractivity contribution is -0.384. The summed E-state index contributed by atoms with van der Waals surface area (Å²) >= 11 is 0. The first-order valence-corrected chi connectivity index (χ1v) is 5.08. The maximum Gasteiger partial charge on any atom is 0.270 e. The molecule has 0 aliphatic heterocycles. The van der Waals surface area contributed by atoms with Gasteiger partial charge < -0.3 is 0 Å². The van der Waals surface area contributed by atoms with Gasteiger partial charge in [-0.05, 0) is 17.2 Å². The van der Waals surface area contributed by atoms with Crippen molar-refractivity contribution in [2.45, 2.75) is 0 Å². The molecule has 0 amide bonds. The minimum Gasteiger partial charge on any atom is -0.264 e. The Morgan fingerprint density at radius 3 is 2.59 bits per heavy atom. The van der Waals surface area contributed by atoms with Crippen LogP contribution in [0.2, 0.25) is 0 Å². The van der Waals surface area contributed by atoms with Gasteiger partial charge in [-0.15, -0.1) is 0 Å². The molecule has 2 rings (SSSR count). The van der Waals surface area contributed by atoms with Crippen molar-refractivity contribution in [3.8, 4) is 0 Å². The van der Waals surface area contributed by atoms with E-state index in [0.717, 1.165) is 11.1 Å². The second-order valence-corrected chi connectivity index (χ2v) is 3.47. The van der Waals surface area contributed by atoms with Gasteiger partial charge in [-0.25, -0.2) is 0 Å². The summed E-state index contributed by atoms with van der Waals surface area (Å²) in [7, 11) is 0. The standard InChI is InChI=1S/C13H10N2O2/c16-15(17)13-5-1-3-11(9-13)6-7-12-4-2-8-14-10-12/h1-10H. The van der Waals surface area contributed by atoms with Crippen LogP contribution in [0.3, 0.4) is 0 Å². The number of hydrogen-bond acceptors (Lipinski definition) is 3. The van der Waals surface area contributed by atoms with Gasteiger partial charge in [0.1, 0.15) is 0 Å². The molecule has 0 fully saturated rings. The number of non-ortho nitro benzene ring substituents is 1. The van der Waals surface area contributed by atoms with Gasteiger partial charge in [0, 0.05) is 24.5 Å². The molecule has 0 spiro atoms. The number of nitrogens with zero attached hydrogens (tertiary/aromatic N) is 2. The molecule has 0 aliphatic carbocycles. The number of hydrogen-bond donors (Lipinski definition) is 0. The van der Waals surface area contributed by atoms with Crippen molar-refractivity contribution in [2.75, 3.05) is 0 Å². The molecule has 2 aromatic rings. The molecule has 4 heteroatoms. The fraction of sp³-hybridized carbons (Fsp3) is 0. The second-order valence-electron chi connectivity index (χ2n) is 3.47. The number of pyridine rings is 1. The van der Waals surface area contributed by atoms with Gasteiger partial charge in [0.25, 0.3) is 5.69 Å². The molecule has 1 aromatic carbocycles. The topological polar surface area (TPSA) is 56.0 Å². The van der Waals surface area contributed by atoms with Crippen LogP contribution in [-0.2, 0) is 0 Å². The number of rotatable bonds is 3. The number of nitro benzene ring substituents is 1. The van der Waals surface area contributed by atoms with E-state index in [0.29, 0.717) is 0 Å². The zero-order chi connectivity index (χ0) is 12.1. The lowest BCUT2D eigenvalue weighted by Crippen LogP contribution is -1.87. The van der Waals surface area contributed by atoms with Crippen LogP contribution < -0.4 is 0 Å². The molecule has 0 atom stereocenters. The van der Waals surface area contributed by atoms with E-state index >= 15 is 0 Å². The van der Waals surface area contributed by atoms with Crippen LogP contribution in [-0.4, -0.2) is 9.91 Å². The van der Waals surface area contributed by atoms with E-state index in [4.69, 9.17) is 0 Å². The largest absolute Gasteiger partial charge is 0.270 e. The minimum atomic E-state index is -0.401. The zero-order valence-corrected chi connectivity index (χ0v) is 8.98.